The Kier molecular flexibility index (Phi) is 9.27. The molecule has 0 radical (unpaired) electrons. The Bertz CT molecular complexity index is 1080. The van der Waals surface area contributed by atoms with Gasteiger partial charge in [0.2, 0.25) is 11.8 Å². The second-order valence-corrected chi connectivity index (χ2v) is 8.83. The number of amides is 2. The highest BCUT2D eigenvalue weighted by atomic mass is 32.1. The van der Waals surface area contributed by atoms with Crippen LogP contribution in [0.4, 0.5) is 0 Å². The molecular formula is C22H29N7O4S. The van der Waals surface area contributed by atoms with Gasteiger partial charge in [0.15, 0.2) is 0 Å². The number of nitrogens with one attached hydrogen (secondary N) is 4. The van der Waals surface area contributed by atoms with Gasteiger partial charge in [-0.05, 0) is 36.6 Å². The summed E-state index contributed by atoms with van der Waals surface area (Å²) in [6.07, 6.45) is -0.0437. The van der Waals surface area contributed by atoms with E-state index in [1.165, 1.54) is 18.4 Å². The average Bonchev–Trinajstić information content (AvgIpc) is 3.29. The van der Waals surface area contributed by atoms with E-state index in [9.17, 15) is 14.4 Å². The Morgan fingerprint density at radius 3 is 2.44 bits per heavy atom. The molecule has 12 heteroatoms. The van der Waals surface area contributed by atoms with Gasteiger partial charge in [-0.25, -0.2) is 0 Å². The van der Waals surface area contributed by atoms with Crippen LogP contribution >= 0.6 is 11.3 Å². The minimum absolute atomic E-state index is 0.0134. The number of carbonyl (C=O) groups excluding carboxylic acids is 3. The fraction of sp³-hybridized carbons (Fsp3) is 0.318. The van der Waals surface area contributed by atoms with E-state index >= 15 is 0 Å². The Hall–Kier alpha value is -3.77. The predicted octanol–water partition coefficient (Wildman–Crippen LogP) is -0.0580. The van der Waals surface area contributed by atoms with E-state index in [2.05, 4.69) is 15.4 Å². The number of methoxy groups -OCH3 is 1. The smallest absolute Gasteiger partial charge is 0.305 e. The number of esters is 1. The van der Waals surface area contributed by atoms with Gasteiger partial charge in [-0.1, -0.05) is 18.2 Å². The van der Waals surface area contributed by atoms with E-state index in [1.807, 2.05) is 0 Å². The van der Waals surface area contributed by atoms with Gasteiger partial charge in [0.1, 0.15) is 11.7 Å². The number of nitrogen functional groups attached to an aromatic ring is 2. The molecule has 0 spiro atoms. The van der Waals surface area contributed by atoms with E-state index in [4.69, 9.17) is 28.0 Å². The Balaban J connectivity index is 2.02. The lowest BCUT2D eigenvalue weighted by atomic mass is 9.85. The quantitative estimate of drug-likeness (QED) is 0.123. The first-order chi connectivity index (χ1) is 16.0. The molecule has 2 rings (SSSR count). The zero-order valence-electron chi connectivity index (χ0n) is 18.8. The van der Waals surface area contributed by atoms with Crippen LogP contribution in [0.25, 0.3) is 0 Å². The number of carbonyl (C=O) groups is 3. The standard InChI is InChI=1S/C22H29N7O4S/c1-33-18(31)7-8-22(27,10-13-3-2-4-14(9-13)19(23)24)21(32)29-12-17(30)28-11-15-5-6-16(34-15)20(25)26/h2-6,9H,7-8,10-12,27H2,1H3,(H3,23,24)(H3,25,26)(H,28,30)(H,29,32)/t22-/m1/s1. The van der Waals surface area contributed by atoms with Crippen LogP contribution in [0.5, 0.6) is 0 Å². The van der Waals surface area contributed by atoms with Crippen LogP contribution in [-0.2, 0) is 32.1 Å². The van der Waals surface area contributed by atoms with E-state index in [0.717, 1.165) is 4.88 Å². The van der Waals surface area contributed by atoms with Crippen molar-refractivity contribution in [1.29, 1.82) is 10.8 Å². The number of hydrogen-bond acceptors (Lipinski definition) is 8. The van der Waals surface area contributed by atoms with Crippen LogP contribution in [0, 0.1) is 10.8 Å². The molecule has 0 unspecified atom stereocenters. The third kappa shape index (κ3) is 7.67. The molecule has 1 aromatic heterocycles. The van der Waals surface area contributed by atoms with Crippen molar-refractivity contribution in [2.24, 2.45) is 17.2 Å². The van der Waals surface area contributed by atoms with Gasteiger partial charge >= 0.3 is 5.97 Å². The van der Waals surface area contributed by atoms with Crippen LogP contribution in [-0.4, -0.2) is 48.6 Å². The summed E-state index contributed by atoms with van der Waals surface area (Å²) >= 11 is 1.29. The van der Waals surface area contributed by atoms with E-state index < -0.39 is 23.3 Å². The second-order valence-electron chi connectivity index (χ2n) is 7.66. The van der Waals surface area contributed by atoms with Crippen LogP contribution in [0.15, 0.2) is 36.4 Å². The van der Waals surface area contributed by atoms with E-state index in [0.29, 0.717) is 16.0 Å². The number of nitrogens with two attached hydrogens (primary N) is 3. The highest BCUT2D eigenvalue weighted by Gasteiger charge is 2.35. The summed E-state index contributed by atoms with van der Waals surface area (Å²) in [7, 11) is 1.24. The topological polar surface area (TPSA) is 210 Å². The Morgan fingerprint density at radius 1 is 1.09 bits per heavy atom. The zero-order chi connectivity index (χ0) is 25.3. The molecule has 0 aliphatic heterocycles. The summed E-state index contributed by atoms with van der Waals surface area (Å²) in [5.74, 6) is -1.72. The number of thiophene rings is 1. The third-order valence-electron chi connectivity index (χ3n) is 5.01. The van der Waals surface area contributed by atoms with Crippen molar-refractivity contribution in [1.82, 2.24) is 10.6 Å². The largest absolute Gasteiger partial charge is 0.469 e. The Morgan fingerprint density at radius 2 is 1.82 bits per heavy atom. The molecular weight excluding hydrogens is 458 g/mol. The highest BCUT2D eigenvalue weighted by Crippen LogP contribution is 2.19. The molecule has 2 aromatic rings. The molecule has 0 aliphatic rings. The maximum Gasteiger partial charge on any atom is 0.305 e. The predicted molar refractivity (Wildman–Crippen MR) is 130 cm³/mol. The summed E-state index contributed by atoms with van der Waals surface area (Å²) in [6.45, 7) is -0.0883. The number of rotatable bonds is 12. The summed E-state index contributed by atoms with van der Waals surface area (Å²) in [6, 6.07) is 10.2. The normalized spacial score (nSPS) is 12.3. The number of benzene rings is 1. The van der Waals surface area contributed by atoms with Gasteiger partial charge in [-0.15, -0.1) is 11.3 Å². The van der Waals surface area contributed by atoms with Crippen molar-refractivity contribution >= 4 is 40.8 Å². The lowest BCUT2D eigenvalue weighted by Crippen LogP contribution is -2.57. The molecule has 0 saturated carbocycles. The zero-order valence-corrected chi connectivity index (χ0v) is 19.6. The average molecular weight is 488 g/mol. The first kappa shape index (κ1) is 26.5. The fourth-order valence-electron chi connectivity index (χ4n) is 3.12. The summed E-state index contributed by atoms with van der Waals surface area (Å²) < 4.78 is 4.66. The summed E-state index contributed by atoms with van der Waals surface area (Å²) in [4.78, 5) is 38.3. The lowest BCUT2D eigenvalue weighted by Gasteiger charge is -2.28. The molecule has 2 amide bonds. The minimum atomic E-state index is -1.51. The molecule has 0 saturated heterocycles. The second kappa shape index (κ2) is 11.9. The fourth-order valence-corrected chi connectivity index (χ4v) is 3.93. The third-order valence-corrected chi connectivity index (χ3v) is 6.13. The molecule has 1 heterocycles. The van der Waals surface area contributed by atoms with Crippen molar-refractivity contribution in [3.63, 3.8) is 0 Å². The molecule has 10 N–H and O–H groups in total. The maximum atomic E-state index is 13.0. The molecule has 34 heavy (non-hydrogen) atoms. The van der Waals surface area contributed by atoms with Crippen molar-refractivity contribution in [2.45, 2.75) is 31.3 Å². The number of ether oxygens (including phenoxy) is 1. The van der Waals surface area contributed by atoms with Crippen LogP contribution < -0.4 is 27.8 Å². The molecule has 1 atom stereocenters. The molecule has 1 aromatic carbocycles. The van der Waals surface area contributed by atoms with Crippen LogP contribution in [0.2, 0.25) is 0 Å². The van der Waals surface area contributed by atoms with Crippen molar-refractivity contribution in [3.8, 4) is 0 Å². The maximum absolute atomic E-state index is 13.0. The monoisotopic (exact) mass is 487 g/mol. The molecule has 0 fully saturated rings. The van der Waals surface area contributed by atoms with E-state index in [-0.39, 0.29) is 44.0 Å². The van der Waals surface area contributed by atoms with Gasteiger partial charge in [0.25, 0.3) is 0 Å². The highest BCUT2D eigenvalue weighted by molar-refractivity contribution is 7.14. The number of hydrogen-bond donors (Lipinski definition) is 7. The Labute approximate surface area is 201 Å². The lowest BCUT2D eigenvalue weighted by molar-refractivity contribution is -0.141. The van der Waals surface area contributed by atoms with E-state index in [1.54, 1.807) is 36.4 Å². The van der Waals surface area contributed by atoms with Gasteiger partial charge in [-0.2, -0.15) is 0 Å². The van der Waals surface area contributed by atoms with Crippen molar-refractivity contribution in [3.05, 3.63) is 57.3 Å². The molecule has 0 bridgehead atoms. The summed E-state index contributed by atoms with van der Waals surface area (Å²) in [5.41, 5.74) is 17.0. The van der Waals surface area contributed by atoms with Crippen LogP contribution in [0.1, 0.15) is 33.7 Å². The van der Waals surface area contributed by atoms with Gasteiger partial charge in [-0.3, -0.25) is 25.2 Å². The number of amidine groups is 2. The van der Waals surface area contributed by atoms with Gasteiger partial charge in [0, 0.05) is 16.9 Å². The SMILES string of the molecule is COC(=O)CC[C@@](N)(Cc1cccc(C(=N)N)c1)C(=O)NCC(=O)NCc1ccc(C(=N)N)s1. The first-order valence-electron chi connectivity index (χ1n) is 10.3. The minimum Gasteiger partial charge on any atom is -0.469 e. The first-order valence-corrected chi connectivity index (χ1v) is 11.1. The van der Waals surface area contributed by atoms with Crippen molar-refractivity contribution in [2.75, 3.05) is 13.7 Å². The van der Waals surface area contributed by atoms with Crippen molar-refractivity contribution < 1.29 is 19.1 Å². The molecule has 11 nitrogen and oxygen atoms in total. The van der Waals surface area contributed by atoms with Gasteiger partial charge < -0.3 is 32.6 Å². The molecule has 182 valence electrons. The van der Waals surface area contributed by atoms with Crippen LogP contribution in [0.3, 0.4) is 0 Å². The molecule has 0 aliphatic carbocycles. The van der Waals surface area contributed by atoms with Gasteiger partial charge in [0.05, 0.1) is 30.6 Å². The summed E-state index contributed by atoms with van der Waals surface area (Å²) in [5, 5.41) is 20.2.